The van der Waals surface area contributed by atoms with Crippen LogP contribution < -0.4 is 10.9 Å². The Hall–Kier alpha value is -2.33. The van der Waals surface area contributed by atoms with E-state index in [4.69, 9.17) is 0 Å². The number of hydrogen-bond acceptors (Lipinski definition) is 2. The van der Waals surface area contributed by atoms with Gasteiger partial charge in [-0.2, -0.15) is 0 Å². The van der Waals surface area contributed by atoms with Crippen LogP contribution in [0.1, 0.15) is 5.56 Å². The summed E-state index contributed by atoms with van der Waals surface area (Å²) in [4.78, 5) is 11.8. The van der Waals surface area contributed by atoms with Crippen LogP contribution in [0.3, 0.4) is 0 Å². The fourth-order valence-corrected chi connectivity index (χ4v) is 2.70. The minimum absolute atomic E-state index is 0.0458. The van der Waals surface area contributed by atoms with Gasteiger partial charge in [-0.25, -0.2) is 0 Å². The Labute approximate surface area is 123 Å². The molecule has 0 saturated carbocycles. The van der Waals surface area contributed by atoms with Gasteiger partial charge in [-0.3, -0.25) is 4.79 Å². The zero-order chi connectivity index (χ0) is 14.7. The first-order valence-electron chi connectivity index (χ1n) is 7.16. The smallest absolute Gasteiger partial charge is 0.250 e. The molecule has 2 heterocycles. The first-order chi connectivity index (χ1) is 10.3. The molecule has 0 amide bonds. The van der Waals surface area contributed by atoms with Crippen molar-refractivity contribution < 1.29 is 0 Å². The molecule has 0 saturated heterocycles. The quantitative estimate of drug-likeness (QED) is 0.779. The number of rotatable bonds is 5. The van der Waals surface area contributed by atoms with Crippen LogP contribution in [-0.2, 0) is 19.6 Å². The number of fused-ring (bicyclic) bond motifs is 1. The van der Waals surface area contributed by atoms with Gasteiger partial charge in [-0.1, -0.05) is 24.3 Å². The summed E-state index contributed by atoms with van der Waals surface area (Å²) >= 11 is 0. The number of hydrogen-bond donors (Lipinski definition) is 1. The Balaban J connectivity index is 1.90. The summed E-state index contributed by atoms with van der Waals surface area (Å²) in [5, 5.41) is 4.47. The predicted octanol–water partition coefficient (Wildman–Crippen LogP) is 2.22. The normalized spacial score (nSPS) is 11.1. The number of aryl methyl sites for hydroxylation is 2. The van der Waals surface area contributed by atoms with E-state index >= 15 is 0 Å². The zero-order valence-electron chi connectivity index (χ0n) is 12.1. The molecule has 0 unspecified atom stereocenters. The monoisotopic (exact) mass is 281 g/mol. The number of para-hydroxylation sites is 1. The van der Waals surface area contributed by atoms with Gasteiger partial charge in [0.15, 0.2) is 0 Å². The minimum Gasteiger partial charge on any atom is -0.345 e. The lowest BCUT2D eigenvalue weighted by atomic mass is 10.2. The SMILES string of the molecule is CNCc1cn(CCn2ccccc2=O)c2ccccc12. The highest BCUT2D eigenvalue weighted by Crippen LogP contribution is 2.21. The van der Waals surface area contributed by atoms with Crippen LogP contribution in [0.25, 0.3) is 10.9 Å². The summed E-state index contributed by atoms with van der Waals surface area (Å²) in [6.07, 6.45) is 4.01. The Bertz CT molecular complexity index is 801. The molecule has 1 N–H and O–H groups in total. The van der Waals surface area contributed by atoms with Crippen LogP contribution in [0.4, 0.5) is 0 Å². The van der Waals surface area contributed by atoms with E-state index in [9.17, 15) is 4.79 Å². The molecule has 2 aromatic heterocycles. The second kappa shape index (κ2) is 5.97. The molecule has 0 spiro atoms. The summed E-state index contributed by atoms with van der Waals surface area (Å²) in [6, 6.07) is 13.6. The van der Waals surface area contributed by atoms with Gasteiger partial charge < -0.3 is 14.5 Å². The molecule has 4 nitrogen and oxygen atoms in total. The number of nitrogens with one attached hydrogen (secondary N) is 1. The molecule has 21 heavy (non-hydrogen) atoms. The predicted molar refractivity (Wildman–Crippen MR) is 85.4 cm³/mol. The largest absolute Gasteiger partial charge is 0.345 e. The Morgan fingerprint density at radius 2 is 1.76 bits per heavy atom. The van der Waals surface area contributed by atoms with Crippen molar-refractivity contribution in [3.05, 3.63) is 70.8 Å². The van der Waals surface area contributed by atoms with Crippen LogP contribution in [0.15, 0.2) is 59.7 Å². The van der Waals surface area contributed by atoms with E-state index < -0.39 is 0 Å². The number of benzene rings is 1. The second-order valence-corrected chi connectivity index (χ2v) is 5.13. The molecule has 4 heteroatoms. The van der Waals surface area contributed by atoms with Gasteiger partial charge in [0.25, 0.3) is 5.56 Å². The van der Waals surface area contributed by atoms with Gasteiger partial charge in [-0.15, -0.1) is 0 Å². The Morgan fingerprint density at radius 1 is 1.00 bits per heavy atom. The highest BCUT2D eigenvalue weighted by molar-refractivity contribution is 5.83. The molecular formula is C17H19N3O. The van der Waals surface area contributed by atoms with E-state index in [2.05, 4.69) is 40.3 Å². The molecule has 0 bridgehead atoms. The molecular weight excluding hydrogens is 262 g/mol. The molecule has 0 atom stereocenters. The third-order valence-electron chi connectivity index (χ3n) is 3.72. The second-order valence-electron chi connectivity index (χ2n) is 5.13. The van der Waals surface area contributed by atoms with Crippen molar-refractivity contribution in [1.82, 2.24) is 14.5 Å². The van der Waals surface area contributed by atoms with Crippen LogP contribution in [0, 0.1) is 0 Å². The zero-order valence-corrected chi connectivity index (χ0v) is 12.1. The van der Waals surface area contributed by atoms with E-state index in [1.807, 2.05) is 19.3 Å². The Morgan fingerprint density at radius 3 is 2.57 bits per heavy atom. The molecule has 3 aromatic rings. The molecule has 0 aliphatic rings. The highest BCUT2D eigenvalue weighted by Gasteiger charge is 2.07. The van der Waals surface area contributed by atoms with Crippen molar-refractivity contribution in [3.63, 3.8) is 0 Å². The average molecular weight is 281 g/mol. The number of pyridine rings is 1. The molecule has 0 radical (unpaired) electrons. The topological polar surface area (TPSA) is 39.0 Å². The third kappa shape index (κ3) is 2.76. The first kappa shape index (κ1) is 13.6. The van der Waals surface area contributed by atoms with Gasteiger partial charge in [0.2, 0.25) is 0 Å². The maximum atomic E-state index is 11.8. The van der Waals surface area contributed by atoms with Gasteiger partial charge in [0.05, 0.1) is 0 Å². The van der Waals surface area contributed by atoms with E-state index in [1.54, 1.807) is 16.7 Å². The third-order valence-corrected chi connectivity index (χ3v) is 3.72. The van der Waals surface area contributed by atoms with Gasteiger partial charge in [0, 0.05) is 49.0 Å². The maximum Gasteiger partial charge on any atom is 0.250 e. The average Bonchev–Trinajstić information content (AvgIpc) is 2.85. The highest BCUT2D eigenvalue weighted by atomic mass is 16.1. The lowest BCUT2D eigenvalue weighted by Crippen LogP contribution is -2.20. The van der Waals surface area contributed by atoms with Gasteiger partial charge in [-0.05, 0) is 24.7 Å². The van der Waals surface area contributed by atoms with Gasteiger partial charge in [0.1, 0.15) is 0 Å². The van der Waals surface area contributed by atoms with Crippen molar-refractivity contribution in [2.45, 2.75) is 19.6 Å². The van der Waals surface area contributed by atoms with E-state index in [0.29, 0.717) is 6.54 Å². The summed E-state index contributed by atoms with van der Waals surface area (Å²) in [6.45, 7) is 2.31. The summed E-state index contributed by atoms with van der Waals surface area (Å²) < 4.78 is 3.97. The van der Waals surface area contributed by atoms with E-state index in [0.717, 1.165) is 13.1 Å². The van der Waals surface area contributed by atoms with Crippen molar-refractivity contribution in [2.24, 2.45) is 0 Å². The van der Waals surface area contributed by atoms with Crippen molar-refractivity contribution in [1.29, 1.82) is 0 Å². The Kier molecular flexibility index (Phi) is 3.88. The summed E-state index contributed by atoms with van der Waals surface area (Å²) in [5.74, 6) is 0. The summed E-state index contributed by atoms with van der Waals surface area (Å²) in [5.41, 5.74) is 2.55. The van der Waals surface area contributed by atoms with E-state index in [-0.39, 0.29) is 5.56 Å². The molecule has 3 rings (SSSR count). The number of aromatic nitrogens is 2. The van der Waals surface area contributed by atoms with Crippen molar-refractivity contribution in [2.75, 3.05) is 7.05 Å². The van der Waals surface area contributed by atoms with Crippen LogP contribution >= 0.6 is 0 Å². The minimum atomic E-state index is 0.0458. The summed E-state index contributed by atoms with van der Waals surface area (Å²) in [7, 11) is 1.95. The van der Waals surface area contributed by atoms with Crippen molar-refractivity contribution in [3.8, 4) is 0 Å². The fourth-order valence-electron chi connectivity index (χ4n) is 2.70. The van der Waals surface area contributed by atoms with Gasteiger partial charge >= 0.3 is 0 Å². The lowest BCUT2D eigenvalue weighted by Gasteiger charge is -2.07. The van der Waals surface area contributed by atoms with Crippen LogP contribution in [0.5, 0.6) is 0 Å². The fraction of sp³-hybridized carbons (Fsp3) is 0.235. The number of nitrogens with zero attached hydrogens (tertiary/aromatic N) is 2. The molecule has 108 valence electrons. The van der Waals surface area contributed by atoms with E-state index in [1.165, 1.54) is 16.5 Å². The first-order valence-corrected chi connectivity index (χ1v) is 7.16. The molecule has 0 fully saturated rings. The van der Waals surface area contributed by atoms with Crippen LogP contribution in [-0.4, -0.2) is 16.2 Å². The maximum absolute atomic E-state index is 11.8. The lowest BCUT2D eigenvalue weighted by molar-refractivity contribution is 0.576. The van der Waals surface area contributed by atoms with Crippen LogP contribution in [0.2, 0.25) is 0 Å². The molecule has 1 aromatic carbocycles. The van der Waals surface area contributed by atoms with Crippen molar-refractivity contribution >= 4 is 10.9 Å². The molecule has 0 aliphatic carbocycles. The molecule has 0 aliphatic heterocycles. The standard InChI is InChI=1S/C17H19N3O/c1-18-12-14-13-20(16-7-3-2-6-15(14)16)11-10-19-9-5-4-8-17(19)21/h2-9,13,18H,10-12H2,1H3.